The standard InChI is InChI=1S/C34H43N6O5P/c1-23(2)40(24(3)4)46(43,18-12-17-35)45-30-20-32(39-21-25(5)33(41)37-34(39)42)44-29(30)19-31-36-28(26-13-8-6-9-14-26)22-38(31)27-15-10-7-11-16-27/h6-11,13-16,21,23-24,28-30,32,43H,12,18-20,22H2,1-5H3/p+1/t28?,29-,30+,32-,46?/m1/s1. The lowest BCUT2D eigenvalue weighted by molar-refractivity contribution is -0.0153. The number of nitrogens with zero attached hydrogens (tertiary/aromatic N) is 5. The van der Waals surface area contributed by atoms with Gasteiger partial charge in [0.2, 0.25) is 0 Å². The second kappa shape index (κ2) is 14.4. The van der Waals surface area contributed by atoms with E-state index in [2.05, 4.69) is 28.1 Å². The molecule has 2 aliphatic heterocycles. The fourth-order valence-electron chi connectivity index (χ4n) is 6.55. The zero-order valence-corrected chi connectivity index (χ0v) is 28.0. The highest BCUT2D eigenvalue weighted by molar-refractivity contribution is 7.63. The molecule has 46 heavy (non-hydrogen) atoms. The molecule has 244 valence electrons. The van der Waals surface area contributed by atoms with Crippen LogP contribution in [0.2, 0.25) is 0 Å². The summed E-state index contributed by atoms with van der Waals surface area (Å²) in [6.45, 7) is 10.3. The van der Waals surface area contributed by atoms with Gasteiger partial charge in [0, 0.05) is 42.4 Å². The average molecular weight is 648 g/mol. The second-order valence-electron chi connectivity index (χ2n) is 12.5. The Morgan fingerprint density at radius 3 is 2.39 bits per heavy atom. The van der Waals surface area contributed by atoms with Crippen molar-refractivity contribution in [1.82, 2.24) is 14.2 Å². The molecule has 0 bridgehead atoms. The van der Waals surface area contributed by atoms with E-state index in [0.29, 0.717) is 18.5 Å². The molecule has 2 unspecified atom stereocenters. The Bertz CT molecular complexity index is 1660. The fourth-order valence-corrected chi connectivity index (χ4v) is 9.48. The summed E-state index contributed by atoms with van der Waals surface area (Å²) in [5, 5.41) is 9.49. The van der Waals surface area contributed by atoms with Crippen molar-refractivity contribution in [2.45, 2.75) is 90.4 Å². The summed E-state index contributed by atoms with van der Waals surface area (Å²) < 4.78 is 16.7. The predicted molar refractivity (Wildman–Crippen MR) is 181 cm³/mol. The highest BCUT2D eigenvalue weighted by atomic mass is 31.2. The number of H-pyrrole nitrogens is 1. The van der Waals surface area contributed by atoms with Crippen LogP contribution in [0.15, 0.2) is 81.4 Å². The average Bonchev–Trinajstić information content (AvgIpc) is 3.62. The molecule has 0 spiro atoms. The molecule has 5 atom stereocenters. The van der Waals surface area contributed by atoms with Crippen LogP contribution in [-0.2, 0) is 9.26 Å². The maximum atomic E-state index is 13.0. The lowest BCUT2D eigenvalue weighted by atomic mass is 10.1. The third-order valence-corrected chi connectivity index (χ3v) is 11.5. The van der Waals surface area contributed by atoms with Crippen molar-refractivity contribution in [2.75, 3.05) is 17.6 Å². The van der Waals surface area contributed by atoms with E-state index in [0.717, 1.165) is 17.1 Å². The molecular weight excluding hydrogens is 603 g/mol. The van der Waals surface area contributed by atoms with E-state index in [4.69, 9.17) is 14.3 Å². The summed E-state index contributed by atoms with van der Waals surface area (Å²) in [6.07, 6.45) is 0.480. The number of rotatable bonds is 12. The van der Waals surface area contributed by atoms with Gasteiger partial charge in [0.05, 0.1) is 31.2 Å². The quantitative estimate of drug-likeness (QED) is 0.251. The van der Waals surface area contributed by atoms with Crippen LogP contribution in [0.25, 0.3) is 0 Å². The van der Waals surface area contributed by atoms with Gasteiger partial charge in [0.1, 0.15) is 24.3 Å². The minimum Gasteiger partial charge on any atom is -0.351 e. The van der Waals surface area contributed by atoms with Crippen LogP contribution < -0.4 is 16.1 Å². The van der Waals surface area contributed by atoms with E-state index in [-0.39, 0.29) is 37.1 Å². The Morgan fingerprint density at radius 1 is 1.11 bits per heavy atom. The van der Waals surface area contributed by atoms with Gasteiger partial charge < -0.3 is 9.64 Å². The van der Waals surface area contributed by atoms with Crippen LogP contribution in [0.4, 0.5) is 5.69 Å². The van der Waals surface area contributed by atoms with Crippen LogP contribution >= 0.6 is 7.87 Å². The van der Waals surface area contributed by atoms with Crippen molar-refractivity contribution in [2.24, 2.45) is 4.99 Å². The van der Waals surface area contributed by atoms with Gasteiger partial charge in [-0.1, -0.05) is 48.5 Å². The first kappa shape index (κ1) is 33.7. The van der Waals surface area contributed by atoms with E-state index in [1.165, 1.54) is 10.8 Å². The zero-order valence-electron chi connectivity index (χ0n) is 27.1. The summed E-state index contributed by atoms with van der Waals surface area (Å²) in [7, 11) is -3.29. The molecule has 2 aliphatic rings. The number of para-hydroxylation sites is 1. The van der Waals surface area contributed by atoms with Crippen LogP contribution in [0.1, 0.15) is 70.4 Å². The number of aromatic amines is 1. The molecule has 12 heteroatoms. The monoisotopic (exact) mass is 647 g/mol. The molecule has 0 aliphatic carbocycles. The van der Waals surface area contributed by atoms with Crippen LogP contribution in [0.5, 0.6) is 0 Å². The van der Waals surface area contributed by atoms with Crippen LogP contribution in [-0.4, -0.2) is 61.9 Å². The molecular formula is C34H44N6O5P+. The molecule has 2 N–H and O–H groups in total. The molecule has 0 saturated carbocycles. The number of nitrogens with one attached hydrogen (secondary N) is 1. The molecule has 11 nitrogen and oxygen atoms in total. The number of benzene rings is 2. The number of hydrogen-bond acceptors (Lipinski definition) is 9. The Hall–Kier alpha value is -3.65. The lowest BCUT2D eigenvalue weighted by Gasteiger charge is -2.36. The Kier molecular flexibility index (Phi) is 10.6. The predicted octanol–water partition coefficient (Wildman–Crippen LogP) is 5.36. The van der Waals surface area contributed by atoms with Crippen molar-refractivity contribution < 1.29 is 14.2 Å². The van der Waals surface area contributed by atoms with Crippen LogP contribution in [0, 0.1) is 18.3 Å². The molecule has 1 fully saturated rings. The molecule has 3 heterocycles. The van der Waals surface area contributed by atoms with Crippen molar-refractivity contribution in [3.05, 3.63) is 98.8 Å². The smallest absolute Gasteiger partial charge is 0.347 e. The van der Waals surface area contributed by atoms with Crippen molar-refractivity contribution >= 4 is 19.4 Å². The Morgan fingerprint density at radius 2 is 1.76 bits per heavy atom. The third-order valence-electron chi connectivity index (χ3n) is 8.48. The van der Waals surface area contributed by atoms with Crippen molar-refractivity contribution in [1.29, 1.82) is 5.26 Å². The number of hydrogen-bond donors (Lipinski definition) is 2. The van der Waals surface area contributed by atoms with Gasteiger partial charge in [-0.25, -0.2) is 9.69 Å². The van der Waals surface area contributed by atoms with E-state index in [1.807, 2.05) is 80.9 Å². The van der Waals surface area contributed by atoms with Gasteiger partial charge in [-0.2, -0.15) is 9.79 Å². The Balaban J connectivity index is 1.53. The largest absolute Gasteiger partial charge is 0.351 e. The molecule has 0 radical (unpaired) electrons. The number of ether oxygens (including phenoxy) is 1. The minimum absolute atomic E-state index is 0.0440. The van der Waals surface area contributed by atoms with Crippen molar-refractivity contribution in [3.63, 3.8) is 0 Å². The molecule has 3 aromatic rings. The molecule has 1 aromatic heterocycles. The van der Waals surface area contributed by atoms with Gasteiger partial charge in [0.25, 0.3) is 5.56 Å². The van der Waals surface area contributed by atoms with E-state index >= 15 is 0 Å². The number of aromatic nitrogens is 2. The summed E-state index contributed by atoms with van der Waals surface area (Å²) in [5.74, 6) is 0.813. The highest BCUT2D eigenvalue weighted by Crippen LogP contribution is 2.63. The maximum absolute atomic E-state index is 13.0. The van der Waals surface area contributed by atoms with Crippen molar-refractivity contribution in [3.8, 4) is 6.07 Å². The van der Waals surface area contributed by atoms with Gasteiger partial charge in [0.15, 0.2) is 0 Å². The first-order chi connectivity index (χ1) is 22.0. The van der Waals surface area contributed by atoms with Gasteiger partial charge in [-0.3, -0.25) is 19.3 Å². The molecule has 1 saturated heterocycles. The van der Waals surface area contributed by atoms with E-state index in [1.54, 1.807) is 6.92 Å². The third kappa shape index (κ3) is 7.33. The van der Waals surface area contributed by atoms with Gasteiger partial charge in [-0.15, -0.1) is 4.67 Å². The summed E-state index contributed by atoms with van der Waals surface area (Å²) in [6, 6.07) is 22.2. The summed E-state index contributed by atoms with van der Waals surface area (Å²) in [5.41, 5.74) is 1.47. The number of nitriles is 1. The number of aryl methyl sites for hydroxylation is 1. The fraction of sp³-hybridized carbons (Fsp3) is 0.471. The highest BCUT2D eigenvalue weighted by Gasteiger charge is 2.54. The SMILES string of the molecule is Cc1cn([C@H]2C[C@H](O[P+](O)(CCC#N)N(C(C)C)C(C)C)[C@@H](CC3=NC(c4ccccc4)CN3c3ccccc3)O2)c(=O)[nH]c1=O. The minimum atomic E-state index is -3.29. The second-order valence-corrected chi connectivity index (χ2v) is 14.9. The first-order valence-electron chi connectivity index (χ1n) is 15.9. The molecule has 5 rings (SSSR count). The van der Waals surface area contributed by atoms with E-state index in [9.17, 15) is 19.7 Å². The zero-order chi connectivity index (χ0) is 33.0. The molecule has 2 aromatic carbocycles. The van der Waals surface area contributed by atoms with Gasteiger partial charge >= 0.3 is 13.6 Å². The van der Waals surface area contributed by atoms with Crippen LogP contribution in [0.3, 0.4) is 0 Å². The molecule has 0 amide bonds. The topological polar surface area (TPSA) is 136 Å². The van der Waals surface area contributed by atoms with E-state index < -0.39 is 37.6 Å². The number of aliphatic imine (C=N–C) groups is 1. The summed E-state index contributed by atoms with van der Waals surface area (Å²) in [4.78, 5) is 47.1. The number of amidine groups is 1. The van der Waals surface area contributed by atoms with Gasteiger partial charge in [-0.05, 0) is 52.3 Å². The Labute approximate surface area is 270 Å². The first-order valence-corrected chi connectivity index (χ1v) is 17.7. The summed E-state index contributed by atoms with van der Waals surface area (Å²) >= 11 is 0. The number of anilines is 1. The maximum Gasteiger partial charge on any atom is 0.347 e. The normalized spacial score (nSPS) is 22.8. The lowest BCUT2D eigenvalue weighted by Crippen LogP contribution is -2.41.